The molecule has 3 heterocycles. The lowest BCUT2D eigenvalue weighted by Crippen LogP contribution is -2.32. The van der Waals surface area contributed by atoms with Crippen LogP contribution in [0.1, 0.15) is 19.3 Å². The predicted molar refractivity (Wildman–Crippen MR) is 109 cm³/mol. The number of hydrogen-bond acceptors (Lipinski definition) is 7. The second kappa shape index (κ2) is 8.46. The topological polar surface area (TPSA) is 121 Å². The van der Waals surface area contributed by atoms with E-state index >= 15 is 0 Å². The summed E-state index contributed by atoms with van der Waals surface area (Å²) in [4.78, 5) is 25.2. The summed E-state index contributed by atoms with van der Waals surface area (Å²) in [7, 11) is -3.76. The summed E-state index contributed by atoms with van der Waals surface area (Å²) in [6.07, 6.45) is 3.27. The van der Waals surface area contributed by atoms with E-state index in [2.05, 4.69) is 0 Å². The Kier molecular flexibility index (Phi) is 5.92. The highest BCUT2D eigenvalue weighted by Gasteiger charge is 2.32. The summed E-state index contributed by atoms with van der Waals surface area (Å²) in [6.45, 7) is 1.45. The van der Waals surface area contributed by atoms with Gasteiger partial charge in [0.15, 0.2) is 6.73 Å². The molecule has 10 heteroatoms. The van der Waals surface area contributed by atoms with Crippen molar-refractivity contribution in [2.24, 2.45) is 11.7 Å². The molecule has 2 aliphatic heterocycles. The number of pyridine rings is 1. The largest absolute Gasteiger partial charge is 0.444 e. The molecule has 0 aliphatic carbocycles. The summed E-state index contributed by atoms with van der Waals surface area (Å²) in [6, 6.07) is 6.00. The minimum absolute atomic E-state index is 0.0811. The van der Waals surface area contributed by atoms with Gasteiger partial charge in [0.05, 0.1) is 10.8 Å². The van der Waals surface area contributed by atoms with Gasteiger partial charge in [0.25, 0.3) is 5.56 Å². The number of hydrogen-bond donors (Lipinski definition) is 1. The molecule has 4 rings (SSSR count). The van der Waals surface area contributed by atoms with Gasteiger partial charge in [-0.25, -0.2) is 8.42 Å². The number of carbonyl (C=O) groups is 1. The zero-order chi connectivity index (χ0) is 21.3. The smallest absolute Gasteiger partial charge is 0.310 e. The maximum Gasteiger partial charge on any atom is 0.310 e. The van der Waals surface area contributed by atoms with Crippen molar-refractivity contribution in [1.82, 2.24) is 8.87 Å². The van der Waals surface area contributed by atoms with Gasteiger partial charge in [0.2, 0.25) is 10.0 Å². The first-order chi connectivity index (χ1) is 14.4. The molecule has 0 bridgehead atoms. The van der Waals surface area contributed by atoms with Crippen LogP contribution in [0, 0.1) is 5.92 Å². The number of nitrogens with zero attached hydrogens (tertiary/aromatic N) is 2. The van der Waals surface area contributed by atoms with Crippen LogP contribution in [0.2, 0.25) is 0 Å². The first-order valence-corrected chi connectivity index (χ1v) is 11.4. The van der Waals surface area contributed by atoms with Crippen LogP contribution in [0.4, 0.5) is 0 Å². The highest BCUT2D eigenvalue weighted by atomic mass is 32.2. The van der Waals surface area contributed by atoms with Crippen LogP contribution < -0.4 is 11.3 Å². The molecule has 2 N–H and O–H groups in total. The Morgan fingerprint density at radius 2 is 1.93 bits per heavy atom. The Hall–Kier alpha value is -2.27. The van der Waals surface area contributed by atoms with Crippen molar-refractivity contribution in [3.8, 4) is 0 Å². The van der Waals surface area contributed by atoms with E-state index in [1.54, 1.807) is 18.2 Å². The van der Waals surface area contributed by atoms with Gasteiger partial charge < -0.3 is 15.2 Å². The van der Waals surface area contributed by atoms with Crippen molar-refractivity contribution in [2.75, 3.05) is 26.3 Å². The summed E-state index contributed by atoms with van der Waals surface area (Å²) < 4.78 is 39.3. The molecule has 2 saturated heterocycles. The van der Waals surface area contributed by atoms with Crippen molar-refractivity contribution >= 4 is 26.8 Å². The van der Waals surface area contributed by atoms with Gasteiger partial charge >= 0.3 is 5.97 Å². The average Bonchev–Trinajstić information content (AvgIpc) is 3.20. The number of nitrogens with two attached hydrogens (primary N) is 1. The number of ether oxygens (including phenoxy) is 2. The molecule has 1 atom stereocenters. The van der Waals surface area contributed by atoms with Gasteiger partial charge in [-0.1, -0.05) is 6.07 Å². The van der Waals surface area contributed by atoms with E-state index in [0.717, 1.165) is 0 Å². The van der Waals surface area contributed by atoms with E-state index in [1.807, 2.05) is 0 Å². The van der Waals surface area contributed by atoms with Crippen molar-refractivity contribution in [3.05, 3.63) is 40.8 Å². The third-order valence-corrected chi connectivity index (χ3v) is 7.61. The van der Waals surface area contributed by atoms with Crippen LogP contribution in [-0.4, -0.2) is 55.6 Å². The predicted octanol–water partition coefficient (Wildman–Crippen LogP) is 0.650. The number of sulfonamides is 1. The van der Waals surface area contributed by atoms with Crippen molar-refractivity contribution in [1.29, 1.82) is 0 Å². The second-order valence-corrected chi connectivity index (χ2v) is 9.61. The zero-order valence-electron chi connectivity index (χ0n) is 16.5. The number of esters is 1. The van der Waals surface area contributed by atoms with E-state index in [9.17, 15) is 18.0 Å². The lowest BCUT2D eigenvalue weighted by atomic mass is 10.0. The van der Waals surface area contributed by atoms with E-state index in [4.69, 9.17) is 15.2 Å². The minimum Gasteiger partial charge on any atom is -0.444 e. The normalized spacial score (nSPS) is 21.2. The average molecular weight is 436 g/mol. The van der Waals surface area contributed by atoms with Gasteiger partial charge in [0.1, 0.15) is 0 Å². The van der Waals surface area contributed by atoms with Gasteiger partial charge in [-0.2, -0.15) is 4.31 Å². The highest BCUT2D eigenvalue weighted by molar-refractivity contribution is 7.89. The molecule has 0 spiro atoms. The van der Waals surface area contributed by atoms with Gasteiger partial charge in [-0.15, -0.1) is 0 Å². The molecule has 30 heavy (non-hydrogen) atoms. The molecule has 162 valence electrons. The van der Waals surface area contributed by atoms with E-state index < -0.39 is 15.6 Å². The Morgan fingerprint density at radius 3 is 2.63 bits per heavy atom. The van der Waals surface area contributed by atoms with E-state index in [0.29, 0.717) is 44.4 Å². The molecule has 2 aromatic rings. The molecule has 2 fully saturated rings. The Morgan fingerprint density at radius 1 is 1.17 bits per heavy atom. The third kappa shape index (κ3) is 4.00. The van der Waals surface area contributed by atoms with Crippen molar-refractivity contribution in [3.63, 3.8) is 0 Å². The van der Waals surface area contributed by atoms with Crippen LogP contribution in [-0.2, 0) is 31.0 Å². The molecule has 0 saturated carbocycles. The fourth-order valence-corrected chi connectivity index (χ4v) is 5.63. The molecular weight excluding hydrogens is 410 g/mol. The van der Waals surface area contributed by atoms with Gasteiger partial charge in [-0.3, -0.25) is 14.2 Å². The van der Waals surface area contributed by atoms with Crippen LogP contribution in [0.5, 0.6) is 0 Å². The van der Waals surface area contributed by atoms with Gasteiger partial charge in [-0.05, 0) is 37.5 Å². The standard InChI is InChI=1S/C20H25N3O6S/c21-15-4-9-23(12-15)30(26,27)18-3-1-2-17-16(18)5-8-22(19(17)24)13-29-20(25)14-6-10-28-11-7-14/h1-3,5,8,14-15H,4,6-7,9-13,21H2. The Balaban J connectivity index is 1.59. The lowest BCUT2D eigenvalue weighted by molar-refractivity contribution is -0.155. The Bertz CT molecular complexity index is 1110. The molecule has 1 unspecified atom stereocenters. The molecule has 0 radical (unpaired) electrons. The second-order valence-electron chi connectivity index (χ2n) is 7.70. The quantitative estimate of drug-likeness (QED) is 0.685. The maximum atomic E-state index is 13.1. The summed E-state index contributed by atoms with van der Waals surface area (Å²) >= 11 is 0. The maximum absolute atomic E-state index is 13.1. The van der Waals surface area contributed by atoms with Crippen LogP contribution in [0.3, 0.4) is 0 Å². The first kappa shape index (κ1) is 21.0. The Labute approximate surface area is 174 Å². The number of fused-ring (bicyclic) bond motifs is 1. The van der Waals surface area contributed by atoms with Crippen molar-refractivity contribution in [2.45, 2.75) is 36.9 Å². The number of rotatable bonds is 5. The summed E-state index contributed by atoms with van der Waals surface area (Å²) in [5.41, 5.74) is 5.45. The van der Waals surface area contributed by atoms with Crippen LogP contribution in [0.15, 0.2) is 40.2 Å². The number of carbonyl (C=O) groups excluding carboxylic acids is 1. The molecule has 9 nitrogen and oxygen atoms in total. The minimum atomic E-state index is -3.76. The molecule has 1 aromatic heterocycles. The monoisotopic (exact) mass is 435 g/mol. The van der Waals surface area contributed by atoms with Crippen LogP contribution in [0.25, 0.3) is 10.8 Å². The molecule has 0 amide bonds. The first-order valence-electron chi connectivity index (χ1n) is 10.00. The van der Waals surface area contributed by atoms with Gasteiger partial charge in [0, 0.05) is 49.3 Å². The molecule has 2 aliphatic rings. The molecule has 1 aromatic carbocycles. The fourth-order valence-electron chi connectivity index (χ4n) is 3.91. The third-order valence-electron chi connectivity index (χ3n) is 5.68. The molecular formula is C20H25N3O6S. The number of benzene rings is 1. The fraction of sp³-hybridized carbons (Fsp3) is 0.500. The van der Waals surface area contributed by atoms with Crippen LogP contribution >= 0.6 is 0 Å². The number of aromatic nitrogens is 1. The zero-order valence-corrected chi connectivity index (χ0v) is 17.3. The SMILES string of the molecule is NC1CCN(S(=O)(=O)c2cccc3c(=O)n(COC(=O)C4CCOCC4)ccc23)C1. The summed E-state index contributed by atoms with van der Waals surface area (Å²) in [5.74, 6) is -0.578. The lowest BCUT2D eigenvalue weighted by Gasteiger charge is -2.20. The van der Waals surface area contributed by atoms with Crippen molar-refractivity contribution < 1.29 is 22.7 Å². The van der Waals surface area contributed by atoms with E-state index in [-0.39, 0.29) is 41.5 Å². The highest BCUT2D eigenvalue weighted by Crippen LogP contribution is 2.26. The van der Waals surface area contributed by atoms with E-state index in [1.165, 1.54) is 21.1 Å². The summed E-state index contributed by atoms with van der Waals surface area (Å²) in [5, 5.41) is 0.596.